The molecule has 5 nitrogen and oxygen atoms in total. The van der Waals surface area contributed by atoms with Crippen LogP contribution in [0.15, 0.2) is 24.3 Å². The molecule has 114 valence electrons. The topological polar surface area (TPSA) is 67.6 Å². The number of anilines is 1. The summed E-state index contributed by atoms with van der Waals surface area (Å²) in [5.74, 6) is 0.436. The van der Waals surface area contributed by atoms with Gasteiger partial charge >= 0.3 is 0 Å². The summed E-state index contributed by atoms with van der Waals surface area (Å²) in [6.45, 7) is 2.81. The summed E-state index contributed by atoms with van der Waals surface area (Å²) in [7, 11) is 0. The van der Waals surface area contributed by atoms with E-state index in [1.165, 1.54) is 32.4 Å². The van der Waals surface area contributed by atoms with E-state index in [0.717, 1.165) is 11.4 Å². The van der Waals surface area contributed by atoms with Crippen LogP contribution in [0.2, 0.25) is 0 Å². The molecule has 0 spiro atoms. The van der Waals surface area contributed by atoms with Gasteiger partial charge in [0.05, 0.1) is 13.0 Å². The molecule has 5 heteroatoms. The molecule has 0 aromatic heterocycles. The van der Waals surface area contributed by atoms with Gasteiger partial charge in [0.2, 0.25) is 5.91 Å². The number of fused-ring (bicyclic) bond motifs is 1. The second-order valence-corrected chi connectivity index (χ2v) is 5.87. The van der Waals surface area contributed by atoms with Gasteiger partial charge in [-0.2, -0.15) is 0 Å². The molecule has 2 fully saturated rings. The molecular weight excluding hydrogens is 266 g/mol. The summed E-state index contributed by atoms with van der Waals surface area (Å²) in [6, 6.07) is 9.22. The highest BCUT2D eigenvalue weighted by atomic mass is 16.5. The van der Waals surface area contributed by atoms with E-state index in [1.807, 2.05) is 24.3 Å². The first-order valence-corrected chi connectivity index (χ1v) is 7.74. The summed E-state index contributed by atoms with van der Waals surface area (Å²) in [4.78, 5) is 13.3. The van der Waals surface area contributed by atoms with Gasteiger partial charge in [0.1, 0.15) is 5.75 Å². The van der Waals surface area contributed by atoms with Crippen LogP contribution in [0.25, 0.3) is 0 Å². The van der Waals surface area contributed by atoms with Gasteiger partial charge in [-0.05, 0) is 50.1 Å². The van der Waals surface area contributed by atoms with Crippen LogP contribution in [0, 0.1) is 0 Å². The molecule has 1 aromatic carbocycles. The van der Waals surface area contributed by atoms with Crippen LogP contribution in [0.4, 0.5) is 5.69 Å². The van der Waals surface area contributed by atoms with Crippen molar-refractivity contribution in [2.75, 3.05) is 25.0 Å². The number of nitrogens with one attached hydrogen (secondary N) is 1. The first-order valence-electron chi connectivity index (χ1n) is 7.74. The lowest BCUT2D eigenvalue weighted by molar-refractivity contribution is -0.118. The van der Waals surface area contributed by atoms with Crippen LogP contribution >= 0.6 is 0 Å². The van der Waals surface area contributed by atoms with Crippen molar-refractivity contribution in [2.45, 2.75) is 37.8 Å². The highest BCUT2D eigenvalue weighted by Gasteiger charge is 2.36. The maximum absolute atomic E-state index is 10.7. The van der Waals surface area contributed by atoms with Crippen LogP contribution < -0.4 is 15.8 Å². The maximum atomic E-state index is 10.7. The smallest absolute Gasteiger partial charge is 0.220 e. The third kappa shape index (κ3) is 3.47. The Balaban J connectivity index is 1.51. The van der Waals surface area contributed by atoms with Gasteiger partial charge < -0.3 is 15.8 Å². The third-order valence-corrected chi connectivity index (χ3v) is 4.43. The number of amides is 1. The Morgan fingerprint density at radius 2 is 2.10 bits per heavy atom. The lowest BCUT2D eigenvalue weighted by Gasteiger charge is -2.22. The number of nitrogens with zero attached hydrogens (tertiary/aromatic N) is 1. The largest absolute Gasteiger partial charge is 0.493 e. The van der Waals surface area contributed by atoms with Crippen LogP contribution in [0.3, 0.4) is 0 Å². The lowest BCUT2D eigenvalue weighted by atomic mass is 10.1. The van der Waals surface area contributed by atoms with Crippen LogP contribution in [0.5, 0.6) is 5.75 Å². The fraction of sp³-hybridized carbons (Fsp3) is 0.562. The molecule has 2 aliphatic rings. The monoisotopic (exact) mass is 289 g/mol. The summed E-state index contributed by atoms with van der Waals surface area (Å²) in [5.41, 5.74) is 6.22. The number of hydrogen-bond donors (Lipinski definition) is 2. The average molecular weight is 289 g/mol. The Kier molecular flexibility index (Phi) is 4.29. The second-order valence-electron chi connectivity index (χ2n) is 5.87. The molecule has 2 unspecified atom stereocenters. The Hall–Kier alpha value is -1.75. The van der Waals surface area contributed by atoms with Gasteiger partial charge in [0.15, 0.2) is 0 Å². The third-order valence-electron chi connectivity index (χ3n) is 4.43. The van der Waals surface area contributed by atoms with E-state index >= 15 is 0 Å². The molecule has 1 aromatic rings. The zero-order chi connectivity index (χ0) is 14.7. The average Bonchev–Trinajstić information content (AvgIpc) is 3.05. The highest BCUT2D eigenvalue weighted by Crippen LogP contribution is 2.30. The van der Waals surface area contributed by atoms with E-state index in [9.17, 15) is 4.79 Å². The molecule has 0 saturated carbocycles. The maximum Gasteiger partial charge on any atom is 0.220 e. The predicted octanol–water partition coefficient (Wildman–Crippen LogP) is 1.59. The number of rotatable bonds is 6. The van der Waals surface area contributed by atoms with Crippen LogP contribution in [-0.2, 0) is 4.79 Å². The summed E-state index contributed by atoms with van der Waals surface area (Å²) >= 11 is 0. The van der Waals surface area contributed by atoms with Gasteiger partial charge in [-0.25, -0.2) is 0 Å². The minimum Gasteiger partial charge on any atom is -0.493 e. The Morgan fingerprint density at radius 3 is 2.86 bits per heavy atom. The Bertz CT molecular complexity index is 489. The number of carbonyl (C=O) groups excluding carboxylic acids is 1. The molecular formula is C16H23N3O2. The van der Waals surface area contributed by atoms with Gasteiger partial charge in [0.25, 0.3) is 0 Å². The predicted molar refractivity (Wildman–Crippen MR) is 82.4 cm³/mol. The van der Waals surface area contributed by atoms with Crippen molar-refractivity contribution in [2.24, 2.45) is 5.73 Å². The summed E-state index contributed by atoms with van der Waals surface area (Å²) in [6.07, 6.45) is 4.11. The SMILES string of the molecule is NC(=O)CCOc1ccc(NC2CCN3CCCC23)cc1. The Morgan fingerprint density at radius 1 is 1.29 bits per heavy atom. The zero-order valence-electron chi connectivity index (χ0n) is 12.3. The number of ether oxygens (including phenoxy) is 1. The van der Waals surface area contributed by atoms with E-state index in [0.29, 0.717) is 18.7 Å². The number of nitrogens with two attached hydrogens (primary N) is 1. The zero-order valence-corrected chi connectivity index (χ0v) is 12.3. The minimum atomic E-state index is -0.337. The molecule has 0 radical (unpaired) electrons. The van der Waals surface area contributed by atoms with E-state index in [1.54, 1.807) is 0 Å². The number of primary amides is 1. The molecule has 3 N–H and O–H groups in total. The van der Waals surface area contributed by atoms with E-state index in [2.05, 4.69) is 10.2 Å². The molecule has 1 amide bonds. The van der Waals surface area contributed by atoms with Crippen molar-refractivity contribution in [3.63, 3.8) is 0 Å². The van der Waals surface area contributed by atoms with Crippen molar-refractivity contribution in [3.05, 3.63) is 24.3 Å². The lowest BCUT2D eigenvalue weighted by Crippen LogP contribution is -2.33. The number of hydrogen-bond acceptors (Lipinski definition) is 4. The molecule has 2 atom stereocenters. The molecule has 3 rings (SSSR count). The molecule has 21 heavy (non-hydrogen) atoms. The normalized spacial score (nSPS) is 24.8. The van der Waals surface area contributed by atoms with Crippen LogP contribution in [-0.4, -0.2) is 42.6 Å². The molecule has 2 heterocycles. The summed E-state index contributed by atoms with van der Waals surface area (Å²) < 4.78 is 5.47. The number of carbonyl (C=O) groups is 1. The first kappa shape index (κ1) is 14.2. The molecule has 2 saturated heterocycles. The standard InChI is InChI=1S/C16H23N3O2/c17-16(20)8-11-21-13-5-3-12(4-6-13)18-14-7-10-19-9-1-2-15(14)19/h3-6,14-15,18H,1-2,7-11H2,(H2,17,20). The quantitative estimate of drug-likeness (QED) is 0.834. The fourth-order valence-corrected chi connectivity index (χ4v) is 3.38. The summed E-state index contributed by atoms with van der Waals surface area (Å²) in [5, 5.41) is 3.64. The van der Waals surface area contributed by atoms with E-state index in [4.69, 9.17) is 10.5 Å². The van der Waals surface area contributed by atoms with Crippen molar-refractivity contribution in [1.29, 1.82) is 0 Å². The van der Waals surface area contributed by atoms with Crippen molar-refractivity contribution in [3.8, 4) is 5.75 Å². The van der Waals surface area contributed by atoms with Gasteiger partial charge in [-0.1, -0.05) is 0 Å². The second kappa shape index (κ2) is 6.35. The van der Waals surface area contributed by atoms with Gasteiger partial charge in [-0.3, -0.25) is 9.69 Å². The molecule has 0 aliphatic carbocycles. The van der Waals surface area contributed by atoms with E-state index < -0.39 is 0 Å². The fourth-order valence-electron chi connectivity index (χ4n) is 3.38. The van der Waals surface area contributed by atoms with E-state index in [-0.39, 0.29) is 12.3 Å². The van der Waals surface area contributed by atoms with Gasteiger partial charge in [-0.15, -0.1) is 0 Å². The molecule has 0 bridgehead atoms. The van der Waals surface area contributed by atoms with Crippen molar-refractivity contribution in [1.82, 2.24) is 4.90 Å². The van der Waals surface area contributed by atoms with Crippen molar-refractivity contribution < 1.29 is 9.53 Å². The Labute approximate surface area is 125 Å². The van der Waals surface area contributed by atoms with Crippen LogP contribution in [0.1, 0.15) is 25.7 Å². The van der Waals surface area contributed by atoms with Gasteiger partial charge in [0, 0.05) is 24.3 Å². The van der Waals surface area contributed by atoms with Crippen molar-refractivity contribution >= 4 is 11.6 Å². The highest BCUT2D eigenvalue weighted by molar-refractivity contribution is 5.73. The number of benzene rings is 1. The first-order chi connectivity index (χ1) is 10.2. The molecule has 2 aliphatic heterocycles. The minimum absolute atomic E-state index is 0.250.